The number of hydrogen-bond acceptors (Lipinski definition) is 1. The Morgan fingerprint density at radius 2 is 2.00 bits per heavy atom. The van der Waals surface area contributed by atoms with Crippen molar-refractivity contribution in [1.29, 1.82) is 0 Å². The summed E-state index contributed by atoms with van der Waals surface area (Å²) >= 11 is 0. The molecule has 1 heterocycles. The maximum Gasteiger partial charge on any atom is 0.124 e. The number of alkyl halides is 1. The van der Waals surface area contributed by atoms with Crippen LogP contribution in [0.2, 0.25) is 0 Å². The lowest BCUT2D eigenvalue weighted by molar-refractivity contribution is 0.155. The van der Waals surface area contributed by atoms with Gasteiger partial charge < -0.3 is 5.32 Å². The Hall–Kier alpha value is -0.110. The van der Waals surface area contributed by atoms with Crippen molar-refractivity contribution in [1.82, 2.24) is 5.32 Å². The molecule has 2 heteroatoms. The predicted octanol–water partition coefficient (Wildman–Crippen LogP) is 3.05. The van der Waals surface area contributed by atoms with Crippen LogP contribution < -0.4 is 5.32 Å². The number of hydrogen-bond donors (Lipinski definition) is 1. The molecule has 1 unspecified atom stereocenters. The van der Waals surface area contributed by atoms with Gasteiger partial charge in [0, 0.05) is 6.54 Å². The molecule has 1 atom stereocenters. The molecule has 2 fully saturated rings. The maximum atomic E-state index is 14.0. The molecule has 0 aromatic rings. The molecule has 1 saturated heterocycles. The van der Waals surface area contributed by atoms with Gasteiger partial charge in [0.1, 0.15) is 5.67 Å². The number of nitrogens with one attached hydrogen (secondary N) is 1. The van der Waals surface area contributed by atoms with Crippen LogP contribution in [-0.2, 0) is 0 Å². The van der Waals surface area contributed by atoms with E-state index in [0.29, 0.717) is 6.54 Å². The van der Waals surface area contributed by atoms with Crippen LogP contribution in [0.15, 0.2) is 0 Å². The summed E-state index contributed by atoms with van der Waals surface area (Å²) < 4.78 is 14.0. The number of rotatable bonds is 3. The zero-order valence-corrected chi connectivity index (χ0v) is 9.03. The molecular formula is C12H22FN. The Morgan fingerprint density at radius 1 is 1.21 bits per heavy atom. The summed E-state index contributed by atoms with van der Waals surface area (Å²) in [7, 11) is 0. The molecule has 2 aliphatic rings. The van der Waals surface area contributed by atoms with Gasteiger partial charge in [0.05, 0.1) is 0 Å². The molecule has 1 N–H and O–H groups in total. The molecule has 0 bridgehead atoms. The van der Waals surface area contributed by atoms with Crippen LogP contribution in [0, 0.1) is 5.92 Å². The van der Waals surface area contributed by atoms with Gasteiger partial charge in [-0.2, -0.15) is 0 Å². The van der Waals surface area contributed by atoms with Crippen molar-refractivity contribution >= 4 is 0 Å². The van der Waals surface area contributed by atoms with E-state index in [9.17, 15) is 4.39 Å². The second kappa shape index (κ2) is 4.61. The van der Waals surface area contributed by atoms with Crippen molar-refractivity contribution in [3.63, 3.8) is 0 Å². The van der Waals surface area contributed by atoms with E-state index in [1.807, 2.05) is 0 Å². The molecule has 1 saturated carbocycles. The smallest absolute Gasteiger partial charge is 0.124 e. The van der Waals surface area contributed by atoms with Crippen LogP contribution in [0.5, 0.6) is 0 Å². The highest BCUT2D eigenvalue weighted by Gasteiger charge is 2.33. The normalized spacial score (nSPS) is 34.9. The van der Waals surface area contributed by atoms with Crippen LogP contribution >= 0.6 is 0 Å². The Balaban J connectivity index is 1.70. The number of halogens is 1. The van der Waals surface area contributed by atoms with Crippen LogP contribution in [0.1, 0.15) is 51.4 Å². The van der Waals surface area contributed by atoms with E-state index in [4.69, 9.17) is 0 Å². The first-order chi connectivity index (χ1) is 6.79. The van der Waals surface area contributed by atoms with Crippen molar-refractivity contribution in [2.45, 2.75) is 57.0 Å². The van der Waals surface area contributed by atoms with Crippen LogP contribution in [-0.4, -0.2) is 18.8 Å². The van der Waals surface area contributed by atoms with Gasteiger partial charge in [0.15, 0.2) is 0 Å². The molecule has 0 radical (unpaired) electrons. The quantitative estimate of drug-likeness (QED) is 0.736. The third-order valence-corrected chi connectivity index (χ3v) is 3.92. The van der Waals surface area contributed by atoms with E-state index in [2.05, 4.69) is 5.32 Å². The van der Waals surface area contributed by atoms with E-state index in [1.54, 1.807) is 0 Å². The molecule has 1 aliphatic carbocycles. The molecule has 1 nitrogen and oxygen atoms in total. The van der Waals surface area contributed by atoms with Gasteiger partial charge in [-0.1, -0.05) is 32.1 Å². The van der Waals surface area contributed by atoms with Crippen molar-refractivity contribution < 1.29 is 4.39 Å². The molecule has 0 amide bonds. The largest absolute Gasteiger partial charge is 0.313 e. The second-order valence-corrected chi connectivity index (χ2v) is 5.12. The lowest BCUT2D eigenvalue weighted by Crippen LogP contribution is -2.27. The van der Waals surface area contributed by atoms with Gasteiger partial charge in [-0.25, -0.2) is 4.39 Å². The third kappa shape index (κ3) is 2.69. The zero-order chi connectivity index (χ0) is 9.86. The fourth-order valence-electron chi connectivity index (χ4n) is 2.87. The third-order valence-electron chi connectivity index (χ3n) is 3.92. The molecule has 1 aliphatic heterocycles. The summed E-state index contributed by atoms with van der Waals surface area (Å²) in [4.78, 5) is 0. The van der Waals surface area contributed by atoms with Gasteiger partial charge in [0.25, 0.3) is 0 Å². The van der Waals surface area contributed by atoms with E-state index in [1.165, 1.54) is 32.1 Å². The summed E-state index contributed by atoms with van der Waals surface area (Å²) in [5.74, 6) is 0.831. The van der Waals surface area contributed by atoms with Crippen molar-refractivity contribution in [2.75, 3.05) is 13.1 Å². The minimum Gasteiger partial charge on any atom is -0.313 e. The van der Waals surface area contributed by atoms with Crippen molar-refractivity contribution in [2.24, 2.45) is 5.92 Å². The van der Waals surface area contributed by atoms with Gasteiger partial charge >= 0.3 is 0 Å². The first kappa shape index (κ1) is 10.4. The van der Waals surface area contributed by atoms with Gasteiger partial charge in [0.2, 0.25) is 0 Å². The average molecular weight is 199 g/mol. The Bertz CT molecular complexity index is 169. The highest BCUT2D eigenvalue weighted by Crippen LogP contribution is 2.32. The SMILES string of the molecule is FC1(CCC2CCCCC2)CCNC1. The molecule has 0 aromatic heterocycles. The van der Waals surface area contributed by atoms with Crippen LogP contribution in [0.3, 0.4) is 0 Å². The van der Waals surface area contributed by atoms with Gasteiger partial charge in [-0.15, -0.1) is 0 Å². The highest BCUT2D eigenvalue weighted by atomic mass is 19.1. The van der Waals surface area contributed by atoms with Crippen molar-refractivity contribution in [3.8, 4) is 0 Å². The molecule has 82 valence electrons. The summed E-state index contributed by atoms with van der Waals surface area (Å²) in [5.41, 5.74) is -0.864. The fraction of sp³-hybridized carbons (Fsp3) is 1.00. The van der Waals surface area contributed by atoms with Crippen LogP contribution in [0.25, 0.3) is 0 Å². The standard InChI is InChI=1S/C12H22FN/c13-12(8-9-14-10-12)7-6-11-4-2-1-3-5-11/h11,14H,1-10H2. The minimum atomic E-state index is -0.864. The second-order valence-electron chi connectivity index (χ2n) is 5.12. The van der Waals surface area contributed by atoms with E-state index < -0.39 is 5.67 Å². The predicted molar refractivity (Wildman–Crippen MR) is 57.1 cm³/mol. The highest BCUT2D eigenvalue weighted by molar-refractivity contribution is 4.88. The summed E-state index contributed by atoms with van der Waals surface area (Å²) in [6, 6.07) is 0. The summed E-state index contributed by atoms with van der Waals surface area (Å²) in [5, 5.41) is 3.13. The Kier molecular flexibility index (Phi) is 3.42. The molecule has 0 aromatic carbocycles. The summed E-state index contributed by atoms with van der Waals surface area (Å²) in [6.07, 6.45) is 9.51. The lowest BCUT2D eigenvalue weighted by Gasteiger charge is -2.25. The van der Waals surface area contributed by atoms with Gasteiger partial charge in [-0.05, 0) is 31.7 Å². The minimum absolute atomic E-state index is 0.597. The molecular weight excluding hydrogens is 177 g/mol. The average Bonchev–Trinajstić information content (AvgIpc) is 2.65. The van der Waals surface area contributed by atoms with E-state index in [0.717, 1.165) is 31.7 Å². The van der Waals surface area contributed by atoms with E-state index >= 15 is 0 Å². The lowest BCUT2D eigenvalue weighted by atomic mass is 9.83. The van der Waals surface area contributed by atoms with E-state index in [-0.39, 0.29) is 0 Å². The summed E-state index contributed by atoms with van der Waals surface area (Å²) in [6.45, 7) is 1.47. The zero-order valence-electron chi connectivity index (χ0n) is 9.03. The van der Waals surface area contributed by atoms with Gasteiger partial charge in [-0.3, -0.25) is 0 Å². The monoisotopic (exact) mass is 199 g/mol. The Morgan fingerprint density at radius 3 is 2.64 bits per heavy atom. The van der Waals surface area contributed by atoms with Crippen LogP contribution in [0.4, 0.5) is 4.39 Å². The maximum absolute atomic E-state index is 14.0. The van der Waals surface area contributed by atoms with Crippen molar-refractivity contribution in [3.05, 3.63) is 0 Å². The first-order valence-electron chi connectivity index (χ1n) is 6.18. The topological polar surface area (TPSA) is 12.0 Å². The fourth-order valence-corrected chi connectivity index (χ4v) is 2.87. The molecule has 14 heavy (non-hydrogen) atoms. The first-order valence-corrected chi connectivity index (χ1v) is 6.18. The molecule has 0 spiro atoms. The Labute approximate surface area is 86.5 Å². The molecule has 2 rings (SSSR count).